The second-order valence-corrected chi connectivity index (χ2v) is 9.96. The van der Waals surface area contributed by atoms with Crippen LogP contribution < -0.4 is 16.2 Å². The highest BCUT2D eigenvalue weighted by molar-refractivity contribution is 7.14. The third-order valence-corrected chi connectivity index (χ3v) is 8.01. The van der Waals surface area contributed by atoms with Gasteiger partial charge in [-0.3, -0.25) is 14.7 Å². The van der Waals surface area contributed by atoms with E-state index in [2.05, 4.69) is 25.8 Å². The van der Waals surface area contributed by atoms with Gasteiger partial charge in [0.1, 0.15) is 11.5 Å². The number of nitrogens with zero attached hydrogens (tertiary/aromatic N) is 3. The summed E-state index contributed by atoms with van der Waals surface area (Å²) in [4.78, 5) is 31.3. The lowest BCUT2D eigenvalue weighted by Gasteiger charge is -2.12. The van der Waals surface area contributed by atoms with Crippen molar-refractivity contribution >= 4 is 34.4 Å². The van der Waals surface area contributed by atoms with Crippen molar-refractivity contribution in [3.63, 3.8) is 0 Å². The minimum Gasteiger partial charge on any atom is -0.333 e. The van der Waals surface area contributed by atoms with Crippen LogP contribution in [0.25, 0.3) is 11.3 Å². The van der Waals surface area contributed by atoms with Crippen LogP contribution in [0.15, 0.2) is 41.6 Å². The highest BCUT2D eigenvalue weighted by Gasteiger charge is 2.39. The largest absolute Gasteiger partial charge is 0.333 e. The highest BCUT2D eigenvalue weighted by Crippen LogP contribution is 2.55. The van der Waals surface area contributed by atoms with E-state index < -0.39 is 28.8 Å². The van der Waals surface area contributed by atoms with Crippen LogP contribution in [0.1, 0.15) is 51.2 Å². The van der Waals surface area contributed by atoms with Crippen LogP contribution in [0.5, 0.6) is 0 Å². The minimum absolute atomic E-state index is 0.0524. The number of hydrogen-bond donors (Lipinski definition) is 3. The number of thiophene rings is 1. The maximum Gasteiger partial charge on any atom is 0.293 e. The summed E-state index contributed by atoms with van der Waals surface area (Å²) >= 11 is 1.41. The molecular formula is C24H20F2N6O2S. The van der Waals surface area contributed by atoms with Crippen molar-refractivity contribution in [3.8, 4) is 11.3 Å². The quantitative estimate of drug-likeness (QED) is 0.367. The topological polar surface area (TPSA) is 105 Å². The van der Waals surface area contributed by atoms with E-state index >= 15 is 4.39 Å². The number of aryl methyl sites for hydroxylation is 1. The van der Waals surface area contributed by atoms with Crippen molar-refractivity contribution in [2.75, 3.05) is 10.6 Å². The second-order valence-electron chi connectivity index (χ2n) is 8.88. The van der Waals surface area contributed by atoms with E-state index in [9.17, 15) is 14.0 Å². The number of hydrogen-bond acceptors (Lipinski definition) is 6. The van der Waals surface area contributed by atoms with Crippen LogP contribution in [-0.2, 0) is 7.05 Å². The van der Waals surface area contributed by atoms with Crippen molar-refractivity contribution in [3.05, 3.63) is 74.1 Å². The first-order chi connectivity index (χ1) is 16.9. The molecule has 1 aromatic carbocycles. The van der Waals surface area contributed by atoms with Crippen LogP contribution in [0.4, 0.5) is 26.0 Å². The maximum atomic E-state index is 15.5. The molecule has 2 bridgehead atoms. The fourth-order valence-electron chi connectivity index (χ4n) is 4.98. The fraction of sp³-hybridized carbons (Fsp3) is 0.250. The second kappa shape index (κ2) is 8.12. The van der Waals surface area contributed by atoms with Gasteiger partial charge in [0.2, 0.25) is 0 Å². The van der Waals surface area contributed by atoms with Crippen molar-refractivity contribution < 1.29 is 13.6 Å². The molecule has 1 saturated carbocycles. The van der Waals surface area contributed by atoms with Crippen molar-refractivity contribution in [1.29, 1.82) is 0 Å². The Morgan fingerprint density at radius 2 is 2.09 bits per heavy atom. The summed E-state index contributed by atoms with van der Waals surface area (Å²) in [6.07, 6.45) is 7.75. The third kappa shape index (κ3) is 3.63. The molecule has 2 atom stereocenters. The zero-order valence-electron chi connectivity index (χ0n) is 18.6. The summed E-state index contributed by atoms with van der Waals surface area (Å²) in [5.41, 5.74) is 0.750. The summed E-state index contributed by atoms with van der Waals surface area (Å²) < 4.78 is 31.4. The molecule has 178 valence electrons. The zero-order valence-corrected chi connectivity index (χ0v) is 19.4. The van der Waals surface area contributed by atoms with Gasteiger partial charge in [-0.25, -0.2) is 13.8 Å². The molecule has 1 amide bonds. The molecule has 1 fully saturated rings. The summed E-state index contributed by atoms with van der Waals surface area (Å²) in [7, 11) is 1.50. The Balaban J connectivity index is 1.33. The Hall–Kier alpha value is -3.86. The average Bonchev–Trinajstić information content (AvgIpc) is 3.62. The molecule has 3 aromatic heterocycles. The maximum absolute atomic E-state index is 15.5. The molecule has 0 saturated heterocycles. The van der Waals surface area contributed by atoms with Gasteiger partial charge in [0.25, 0.3) is 11.5 Å². The summed E-state index contributed by atoms with van der Waals surface area (Å²) in [6.45, 7) is 0. The van der Waals surface area contributed by atoms with Crippen LogP contribution in [-0.4, -0.2) is 25.7 Å². The first-order valence-corrected chi connectivity index (χ1v) is 12.0. The molecular weight excluding hydrogens is 474 g/mol. The zero-order chi connectivity index (χ0) is 24.3. The number of rotatable bonds is 5. The van der Waals surface area contributed by atoms with Gasteiger partial charge in [-0.2, -0.15) is 5.10 Å². The molecule has 0 spiro atoms. The monoisotopic (exact) mass is 494 g/mol. The Morgan fingerprint density at radius 1 is 1.26 bits per heavy atom. The van der Waals surface area contributed by atoms with Gasteiger partial charge in [-0.15, -0.1) is 11.3 Å². The Labute approximate surface area is 202 Å². The van der Waals surface area contributed by atoms with Crippen molar-refractivity contribution in [2.24, 2.45) is 7.05 Å². The molecule has 35 heavy (non-hydrogen) atoms. The smallest absolute Gasteiger partial charge is 0.293 e. The lowest BCUT2D eigenvalue weighted by atomic mass is 9.99. The number of fused-ring (bicyclic) bond motifs is 5. The number of nitrogens with one attached hydrogen (secondary N) is 3. The van der Waals surface area contributed by atoms with Gasteiger partial charge in [0.15, 0.2) is 11.6 Å². The van der Waals surface area contributed by atoms with E-state index in [1.54, 1.807) is 0 Å². The van der Waals surface area contributed by atoms with Crippen LogP contribution in [0, 0.1) is 11.6 Å². The number of benzene rings is 1. The predicted octanol–water partition coefficient (Wildman–Crippen LogP) is 4.87. The molecule has 11 heteroatoms. The number of amides is 1. The molecule has 0 radical (unpaired) electrons. The van der Waals surface area contributed by atoms with Crippen LogP contribution >= 0.6 is 11.3 Å². The average molecular weight is 495 g/mol. The lowest BCUT2D eigenvalue weighted by Crippen LogP contribution is -2.21. The molecule has 2 aliphatic carbocycles. The number of aromatic amines is 1. The van der Waals surface area contributed by atoms with Crippen molar-refractivity contribution in [1.82, 2.24) is 19.7 Å². The Morgan fingerprint density at radius 3 is 2.86 bits per heavy atom. The third-order valence-electron chi connectivity index (χ3n) is 6.70. The number of carbonyl (C=O) groups is 1. The van der Waals surface area contributed by atoms with Crippen LogP contribution in [0.2, 0.25) is 0 Å². The molecule has 2 aliphatic rings. The number of carbonyl (C=O) groups excluding carboxylic acids is 1. The predicted molar refractivity (Wildman–Crippen MR) is 128 cm³/mol. The first kappa shape index (κ1) is 21.7. The van der Waals surface area contributed by atoms with Gasteiger partial charge in [0.05, 0.1) is 22.5 Å². The SMILES string of the molecule is Cn1cc(-c2ccc(F)c(NC(=O)c3cc4c(s3)C3CCC4C3)c2F)nc(Nc2cn[nH]c2)c1=O. The van der Waals surface area contributed by atoms with Crippen LogP contribution in [0.3, 0.4) is 0 Å². The number of halogens is 2. The molecule has 3 heterocycles. The van der Waals surface area contributed by atoms with E-state index in [0.717, 1.165) is 25.3 Å². The molecule has 0 aliphatic heterocycles. The molecule has 4 aromatic rings. The number of H-pyrrole nitrogens is 1. The van der Waals surface area contributed by atoms with E-state index in [0.29, 0.717) is 22.4 Å². The number of aromatic nitrogens is 4. The van der Waals surface area contributed by atoms with Gasteiger partial charge in [0, 0.05) is 29.9 Å². The molecule has 6 rings (SSSR count). The van der Waals surface area contributed by atoms with E-state index in [1.807, 2.05) is 6.07 Å². The van der Waals surface area contributed by atoms with E-state index in [-0.39, 0.29) is 17.1 Å². The Kier molecular flexibility index (Phi) is 5.03. The molecule has 8 nitrogen and oxygen atoms in total. The minimum atomic E-state index is -0.970. The van der Waals surface area contributed by atoms with Crippen molar-refractivity contribution in [2.45, 2.75) is 31.1 Å². The van der Waals surface area contributed by atoms with Gasteiger partial charge < -0.3 is 15.2 Å². The van der Waals surface area contributed by atoms with E-state index in [1.165, 1.54) is 58.0 Å². The Bertz CT molecular complexity index is 1500. The molecule has 3 N–H and O–H groups in total. The fourth-order valence-corrected chi connectivity index (χ4v) is 6.28. The normalized spacial score (nSPS) is 18.0. The summed E-state index contributed by atoms with van der Waals surface area (Å²) in [5, 5.41) is 11.7. The number of anilines is 3. The van der Waals surface area contributed by atoms with E-state index in [4.69, 9.17) is 0 Å². The van der Waals surface area contributed by atoms with Gasteiger partial charge >= 0.3 is 0 Å². The van der Waals surface area contributed by atoms with Gasteiger partial charge in [-0.1, -0.05) is 0 Å². The lowest BCUT2D eigenvalue weighted by molar-refractivity contribution is 0.102. The highest BCUT2D eigenvalue weighted by atomic mass is 32.1. The summed E-state index contributed by atoms with van der Waals surface area (Å²) in [6, 6.07) is 4.16. The summed E-state index contributed by atoms with van der Waals surface area (Å²) in [5.74, 6) is -1.48. The molecule has 2 unspecified atom stereocenters. The first-order valence-electron chi connectivity index (χ1n) is 11.2. The standard InChI is InChI=1S/C24H20F2N6O2S/c1-32-10-17(30-22(24(32)34)29-13-8-27-28-9-13)14-4-5-16(25)20(19(14)26)31-23(33)18-7-15-11-2-3-12(6-11)21(15)35-18/h4-5,7-12H,2-3,6H2,1H3,(H,27,28)(H,29,30)(H,31,33). The van der Waals surface area contributed by atoms with Gasteiger partial charge in [-0.05, 0) is 54.9 Å².